The van der Waals surface area contributed by atoms with Crippen molar-refractivity contribution in [1.29, 1.82) is 0 Å². The lowest BCUT2D eigenvalue weighted by molar-refractivity contribution is -0.384. The Hall–Kier alpha value is -1.70. The van der Waals surface area contributed by atoms with Crippen molar-refractivity contribution in [1.82, 2.24) is 15.0 Å². The molecule has 20 heavy (non-hydrogen) atoms. The third-order valence-corrected chi connectivity index (χ3v) is 3.15. The summed E-state index contributed by atoms with van der Waals surface area (Å²) in [6.07, 6.45) is 2.76. The molecule has 2 aromatic rings. The second kappa shape index (κ2) is 6.17. The summed E-state index contributed by atoms with van der Waals surface area (Å²) in [6.45, 7) is 0.0614. The minimum absolute atomic E-state index is 0.0614. The highest BCUT2D eigenvalue weighted by Crippen LogP contribution is 2.32. The predicted molar refractivity (Wildman–Crippen MR) is 73.4 cm³/mol. The molecule has 1 aromatic heterocycles. The number of aryl methyl sites for hydroxylation is 1. The summed E-state index contributed by atoms with van der Waals surface area (Å²) < 4.78 is 1.36. The van der Waals surface area contributed by atoms with E-state index in [-0.39, 0.29) is 22.3 Å². The van der Waals surface area contributed by atoms with Crippen LogP contribution < -0.4 is 0 Å². The molecule has 0 aliphatic heterocycles. The fraction of sp³-hybridized carbons (Fsp3) is 0.273. The molecule has 0 aliphatic rings. The molecule has 0 fully saturated rings. The van der Waals surface area contributed by atoms with Crippen molar-refractivity contribution in [3.05, 3.63) is 44.2 Å². The first-order valence-corrected chi connectivity index (χ1v) is 6.44. The van der Waals surface area contributed by atoms with E-state index in [1.165, 1.54) is 16.8 Å². The summed E-state index contributed by atoms with van der Waals surface area (Å²) in [4.78, 5) is 10.1. The maximum absolute atomic E-state index is 10.7. The highest BCUT2D eigenvalue weighted by atomic mass is 35.5. The Bertz CT molecular complexity index is 621. The number of nitrogens with zero attached hydrogens (tertiary/aromatic N) is 4. The zero-order valence-corrected chi connectivity index (χ0v) is 11.7. The second-order valence-electron chi connectivity index (χ2n) is 4.00. The molecule has 0 bridgehead atoms. The minimum atomic E-state index is -0.574. The zero-order valence-electron chi connectivity index (χ0n) is 10.2. The molecule has 0 amide bonds. The Labute approximate surface area is 123 Å². The first kappa shape index (κ1) is 14.7. The molecule has 1 aromatic carbocycles. The Balaban J connectivity index is 2.37. The second-order valence-corrected chi connectivity index (χ2v) is 4.81. The number of hydrogen-bond donors (Lipinski definition) is 1. The van der Waals surface area contributed by atoms with Crippen LogP contribution in [0.2, 0.25) is 10.0 Å². The van der Waals surface area contributed by atoms with E-state index in [2.05, 4.69) is 10.3 Å². The maximum atomic E-state index is 10.7. The maximum Gasteiger partial charge on any atom is 0.272 e. The van der Waals surface area contributed by atoms with Gasteiger partial charge in [0.1, 0.15) is 5.69 Å². The summed E-state index contributed by atoms with van der Waals surface area (Å²) in [7, 11) is 0. The first-order chi connectivity index (χ1) is 9.52. The van der Waals surface area contributed by atoms with Gasteiger partial charge in [0.25, 0.3) is 5.69 Å². The van der Waals surface area contributed by atoms with Gasteiger partial charge in [-0.2, -0.15) is 0 Å². The van der Waals surface area contributed by atoms with Gasteiger partial charge in [-0.15, -0.1) is 5.10 Å². The molecule has 0 saturated carbocycles. The summed E-state index contributed by atoms with van der Waals surface area (Å²) in [6, 6.07) is 2.41. The van der Waals surface area contributed by atoms with Gasteiger partial charge in [-0.05, 0) is 12.8 Å². The summed E-state index contributed by atoms with van der Waals surface area (Å²) in [5.41, 5.74) is 0.815. The molecular weight excluding hydrogens is 307 g/mol. The van der Waals surface area contributed by atoms with Crippen molar-refractivity contribution in [3.8, 4) is 5.69 Å². The van der Waals surface area contributed by atoms with Crippen molar-refractivity contribution in [2.75, 3.05) is 6.61 Å². The molecule has 1 N–H and O–H groups in total. The van der Waals surface area contributed by atoms with Crippen LogP contribution in [0, 0.1) is 10.1 Å². The summed E-state index contributed by atoms with van der Waals surface area (Å²) >= 11 is 12.0. The Morgan fingerprint density at radius 3 is 2.55 bits per heavy atom. The third-order valence-electron chi connectivity index (χ3n) is 2.57. The van der Waals surface area contributed by atoms with Crippen LogP contribution in [0.3, 0.4) is 0 Å². The molecule has 0 atom stereocenters. The van der Waals surface area contributed by atoms with Gasteiger partial charge >= 0.3 is 0 Å². The van der Waals surface area contributed by atoms with Gasteiger partial charge in [0.05, 0.1) is 26.9 Å². The average Bonchev–Trinajstić information content (AvgIpc) is 2.83. The van der Waals surface area contributed by atoms with Crippen LogP contribution in [-0.2, 0) is 6.42 Å². The van der Waals surface area contributed by atoms with E-state index in [4.69, 9.17) is 28.3 Å². The van der Waals surface area contributed by atoms with Crippen LogP contribution in [0.5, 0.6) is 0 Å². The van der Waals surface area contributed by atoms with E-state index >= 15 is 0 Å². The Morgan fingerprint density at radius 2 is 2.00 bits per heavy atom. The molecule has 0 radical (unpaired) electrons. The third kappa shape index (κ3) is 3.06. The predicted octanol–water partition coefficient (Wildman–Crippen LogP) is 2.41. The highest BCUT2D eigenvalue weighted by molar-refractivity contribution is 6.38. The largest absolute Gasteiger partial charge is 0.396 e. The number of aliphatic hydroxyl groups is 1. The van der Waals surface area contributed by atoms with Gasteiger partial charge < -0.3 is 5.11 Å². The molecule has 0 saturated heterocycles. The average molecular weight is 317 g/mol. The van der Waals surface area contributed by atoms with Gasteiger partial charge in [-0.1, -0.05) is 28.4 Å². The number of benzene rings is 1. The fourth-order valence-corrected chi connectivity index (χ4v) is 2.31. The number of aromatic nitrogens is 3. The van der Waals surface area contributed by atoms with Crippen LogP contribution >= 0.6 is 23.2 Å². The summed E-state index contributed by atoms with van der Waals surface area (Å²) in [5, 5.41) is 27.5. The van der Waals surface area contributed by atoms with Crippen molar-refractivity contribution in [3.63, 3.8) is 0 Å². The van der Waals surface area contributed by atoms with Crippen molar-refractivity contribution in [2.24, 2.45) is 0 Å². The van der Waals surface area contributed by atoms with E-state index in [9.17, 15) is 10.1 Å². The van der Waals surface area contributed by atoms with Gasteiger partial charge in [-0.25, -0.2) is 4.68 Å². The SMILES string of the molecule is O=[N+]([O-])c1cc(Cl)c(-n2cc(CCCO)nn2)c(Cl)c1. The van der Waals surface area contributed by atoms with Crippen molar-refractivity contribution < 1.29 is 10.0 Å². The van der Waals surface area contributed by atoms with Crippen LogP contribution in [0.25, 0.3) is 5.69 Å². The lowest BCUT2D eigenvalue weighted by atomic mass is 10.2. The zero-order chi connectivity index (χ0) is 14.7. The topological polar surface area (TPSA) is 94.1 Å². The standard InChI is InChI=1S/C11H10Cl2N4O3/c12-9-4-8(17(19)20)5-10(13)11(9)16-6-7(14-15-16)2-1-3-18/h4-6,18H,1-3H2. The number of aliphatic hydroxyl groups excluding tert-OH is 1. The van der Waals surface area contributed by atoms with E-state index in [1.54, 1.807) is 6.20 Å². The molecule has 0 spiro atoms. The number of rotatable bonds is 5. The van der Waals surface area contributed by atoms with E-state index in [1.807, 2.05) is 0 Å². The Kier molecular flexibility index (Phi) is 4.53. The quantitative estimate of drug-likeness (QED) is 0.675. The number of nitro groups is 1. The van der Waals surface area contributed by atoms with Crippen LogP contribution in [-0.4, -0.2) is 31.6 Å². The monoisotopic (exact) mass is 316 g/mol. The highest BCUT2D eigenvalue weighted by Gasteiger charge is 2.17. The van der Waals surface area contributed by atoms with Crippen LogP contribution in [0.1, 0.15) is 12.1 Å². The summed E-state index contributed by atoms with van der Waals surface area (Å²) in [5.74, 6) is 0. The van der Waals surface area contributed by atoms with Crippen LogP contribution in [0.15, 0.2) is 18.3 Å². The lowest BCUT2D eigenvalue weighted by Gasteiger charge is -2.05. The van der Waals surface area contributed by atoms with Gasteiger partial charge in [0.2, 0.25) is 0 Å². The smallest absolute Gasteiger partial charge is 0.272 e. The van der Waals surface area contributed by atoms with Crippen molar-refractivity contribution >= 4 is 28.9 Å². The van der Waals surface area contributed by atoms with Gasteiger partial charge in [0.15, 0.2) is 0 Å². The molecular formula is C11H10Cl2N4O3. The molecule has 0 aliphatic carbocycles. The Morgan fingerprint density at radius 1 is 1.35 bits per heavy atom. The van der Waals surface area contributed by atoms with E-state index in [0.717, 1.165) is 0 Å². The molecule has 2 rings (SSSR count). The first-order valence-electron chi connectivity index (χ1n) is 5.69. The van der Waals surface area contributed by atoms with Crippen LogP contribution in [0.4, 0.5) is 5.69 Å². The van der Waals surface area contributed by atoms with Gasteiger partial charge in [0, 0.05) is 18.7 Å². The van der Waals surface area contributed by atoms with Gasteiger partial charge in [-0.3, -0.25) is 10.1 Å². The fourth-order valence-electron chi connectivity index (χ4n) is 1.66. The van der Waals surface area contributed by atoms with E-state index in [0.29, 0.717) is 24.2 Å². The number of hydrogen-bond acceptors (Lipinski definition) is 5. The number of halogens is 2. The van der Waals surface area contributed by atoms with Crippen molar-refractivity contribution in [2.45, 2.75) is 12.8 Å². The molecule has 7 nitrogen and oxygen atoms in total. The van der Waals surface area contributed by atoms with E-state index < -0.39 is 4.92 Å². The molecule has 9 heteroatoms. The number of nitro benzene ring substituents is 1. The molecule has 1 heterocycles. The number of non-ortho nitro benzene ring substituents is 1. The molecule has 0 unspecified atom stereocenters. The minimum Gasteiger partial charge on any atom is -0.396 e. The normalized spacial score (nSPS) is 10.8. The molecule has 106 valence electrons. The lowest BCUT2D eigenvalue weighted by Crippen LogP contribution is -1.99.